The summed E-state index contributed by atoms with van der Waals surface area (Å²) < 4.78 is 36.7. The van der Waals surface area contributed by atoms with Gasteiger partial charge in [0.2, 0.25) is 0 Å². The summed E-state index contributed by atoms with van der Waals surface area (Å²) in [4.78, 5) is 7.40. The maximum Gasteiger partial charge on any atom is 0.443 e. The molecular weight excluding hydrogens is 225 g/mol. The lowest BCUT2D eigenvalue weighted by atomic mass is 10.3. The zero-order valence-corrected chi connectivity index (χ0v) is 8.14. The molecule has 0 saturated carbocycles. The number of thiazole rings is 1. The Bertz CT molecular complexity index is 450. The smallest absolute Gasteiger partial charge is 0.255 e. The average molecular weight is 230 g/mol. The predicted molar refractivity (Wildman–Crippen MR) is 50.3 cm³/mol. The second-order valence-corrected chi connectivity index (χ2v) is 3.61. The molecule has 0 spiro atoms. The van der Waals surface area contributed by atoms with Crippen molar-refractivity contribution in [3.8, 4) is 11.4 Å². The van der Waals surface area contributed by atoms with E-state index in [-0.39, 0.29) is 5.69 Å². The number of pyridine rings is 1. The Morgan fingerprint density at radius 1 is 1.13 bits per heavy atom. The van der Waals surface area contributed by atoms with Crippen LogP contribution in [-0.2, 0) is 6.18 Å². The SMILES string of the molecule is FC(F)(F)c1nc(-c2ccccn2)cs1. The maximum atomic E-state index is 12.2. The number of halogens is 3. The molecule has 0 N–H and O–H groups in total. The summed E-state index contributed by atoms with van der Waals surface area (Å²) in [5.41, 5.74) is 0.706. The summed E-state index contributed by atoms with van der Waals surface area (Å²) >= 11 is 0.575. The van der Waals surface area contributed by atoms with Crippen molar-refractivity contribution in [2.45, 2.75) is 6.18 Å². The summed E-state index contributed by atoms with van der Waals surface area (Å²) in [6, 6.07) is 5.02. The summed E-state index contributed by atoms with van der Waals surface area (Å²) in [5.74, 6) is 0. The van der Waals surface area contributed by atoms with Crippen LogP contribution >= 0.6 is 11.3 Å². The molecule has 0 unspecified atom stereocenters. The van der Waals surface area contributed by atoms with Crippen molar-refractivity contribution in [1.82, 2.24) is 9.97 Å². The number of nitrogens with zero attached hydrogens (tertiary/aromatic N) is 2. The fourth-order valence-electron chi connectivity index (χ4n) is 1.04. The Kier molecular flexibility index (Phi) is 2.44. The monoisotopic (exact) mass is 230 g/mol. The molecule has 0 aliphatic rings. The van der Waals surface area contributed by atoms with Gasteiger partial charge in [-0.15, -0.1) is 11.3 Å². The van der Waals surface area contributed by atoms with Crippen molar-refractivity contribution >= 4 is 11.3 Å². The van der Waals surface area contributed by atoms with Crippen molar-refractivity contribution in [1.29, 1.82) is 0 Å². The molecule has 0 aliphatic carbocycles. The molecule has 0 saturated heterocycles. The fourth-order valence-corrected chi connectivity index (χ4v) is 1.72. The molecule has 0 aromatic carbocycles. The Morgan fingerprint density at radius 2 is 1.93 bits per heavy atom. The Balaban J connectivity index is 2.37. The third kappa shape index (κ3) is 2.15. The minimum atomic E-state index is -4.38. The van der Waals surface area contributed by atoms with E-state index in [1.165, 1.54) is 11.6 Å². The standard InChI is InChI=1S/C9H5F3N2S/c10-9(11,12)8-14-7(5-15-8)6-3-1-2-4-13-6/h1-5H. The van der Waals surface area contributed by atoms with Crippen molar-refractivity contribution in [3.05, 3.63) is 34.8 Å². The summed E-state index contributed by atoms with van der Waals surface area (Å²) in [6.45, 7) is 0. The normalized spacial score (nSPS) is 11.7. The first-order valence-electron chi connectivity index (χ1n) is 4.01. The number of rotatable bonds is 1. The van der Waals surface area contributed by atoms with E-state index in [9.17, 15) is 13.2 Å². The first-order valence-corrected chi connectivity index (χ1v) is 4.89. The molecule has 78 valence electrons. The average Bonchev–Trinajstić information content (AvgIpc) is 2.67. The Morgan fingerprint density at radius 3 is 2.47 bits per heavy atom. The Hall–Kier alpha value is -1.43. The molecule has 2 aromatic rings. The molecule has 2 nitrogen and oxygen atoms in total. The van der Waals surface area contributed by atoms with Crippen LogP contribution in [0.1, 0.15) is 5.01 Å². The molecule has 2 heterocycles. The van der Waals surface area contributed by atoms with E-state index in [4.69, 9.17) is 0 Å². The molecule has 0 aliphatic heterocycles. The third-order valence-corrected chi connectivity index (χ3v) is 2.56. The number of hydrogen-bond donors (Lipinski definition) is 0. The number of aromatic nitrogens is 2. The van der Waals surface area contributed by atoms with Gasteiger partial charge in [0.05, 0.1) is 5.69 Å². The largest absolute Gasteiger partial charge is 0.443 e. The lowest BCUT2D eigenvalue weighted by Crippen LogP contribution is -2.03. The highest BCUT2D eigenvalue weighted by Gasteiger charge is 2.34. The predicted octanol–water partition coefficient (Wildman–Crippen LogP) is 3.22. The van der Waals surface area contributed by atoms with Crippen molar-refractivity contribution in [3.63, 3.8) is 0 Å². The van der Waals surface area contributed by atoms with E-state index >= 15 is 0 Å². The van der Waals surface area contributed by atoms with Gasteiger partial charge in [-0.3, -0.25) is 4.98 Å². The summed E-state index contributed by atoms with van der Waals surface area (Å²) in [6.07, 6.45) is -2.86. The second-order valence-electron chi connectivity index (χ2n) is 2.75. The number of hydrogen-bond acceptors (Lipinski definition) is 3. The van der Waals surface area contributed by atoms with E-state index in [0.717, 1.165) is 0 Å². The first kappa shape index (κ1) is 10.1. The molecule has 0 amide bonds. The summed E-state index contributed by atoms with van der Waals surface area (Å²) in [7, 11) is 0. The van der Waals surface area contributed by atoms with Gasteiger partial charge in [-0.25, -0.2) is 4.98 Å². The molecule has 0 bridgehead atoms. The van der Waals surface area contributed by atoms with Gasteiger partial charge < -0.3 is 0 Å². The molecule has 6 heteroatoms. The van der Waals surface area contributed by atoms with Gasteiger partial charge >= 0.3 is 6.18 Å². The molecule has 0 radical (unpaired) electrons. The van der Waals surface area contributed by atoms with Crippen LogP contribution < -0.4 is 0 Å². The van der Waals surface area contributed by atoms with Crippen LogP contribution in [-0.4, -0.2) is 9.97 Å². The van der Waals surface area contributed by atoms with Gasteiger partial charge in [-0.2, -0.15) is 13.2 Å². The van der Waals surface area contributed by atoms with Crippen LogP contribution in [0.5, 0.6) is 0 Å². The minimum absolute atomic E-state index is 0.257. The van der Waals surface area contributed by atoms with E-state index in [0.29, 0.717) is 17.0 Å². The Labute approximate surface area is 87.4 Å². The topological polar surface area (TPSA) is 25.8 Å². The van der Waals surface area contributed by atoms with Crippen LogP contribution in [0.3, 0.4) is 0 Å². The fraction of sp³-hybridized carbons (Fsp3) is 0.111. The second kappa shape index (κ2) is 3.62. The van der Waals surface area contributed by atoms with Crippen molar-refractivity contribution < 1.29 is 13.2 Å². The van der Waals surface area contributed by atoms with Gasteiger partial charge in [0.25, 0.3) is 0 Å². The van der Waals surface area contributed by atoms with Gasteiger partial charge in [0.1, 0.15) is 5.69 Å². The minimum Gasteiger partial charge on any atom is -0.255 e. The van der Waals surface area contributed by atoms with Crippen LogP contribution in [0.2, 0.25) is 0 Å². The van der Waals surface area contributed by atoms with Gasteiger partial charge in [-0.1, -0.05) is 6.07 Å². The van der Waals surface area contributed by atoms with Crippen LogP contribution in [0.25, 0.3) is 11.4 Å². The van der Waals surface area contributed by atoms with E-state index < -0.39 is 11.2 Å². The zero-order valence-electron chi connectivity index (χ0n) is 7.32. The van der Waals surface area contributed by atoms with Crippen LogP contribution in [0, 0.1) is 0 Å². The highest BCUT2D eigenvalue weighted by molar-refractivity contribution is 7.10. The quantitative estimate of drug-likeness (QED) is 0.751. The van der Waals surface area contributed by atoms with Crippen molar-refractivity contribution in [2.24, 2.45) is 0 Å². The van der Waals surface area contributed by atoms with E-state index in [2.05, 4.69) is 9.97 Å². The third-order valence-electron chi connectivity index (χ3n) is 1.67. The molecule has 2 rings (SSSR count). The van der Waals surface area contributed by atoms with Crippen molar-refractivity contribution in [2.75, 3.05) is 0 Å². The van der Waals surface area contributed by atoms with E-state index in [1.54, 1.807) is 18.2 Å². The molecule has 2 aromatic heterocycles. The summed E-state index contributed by atoms with van der Waals surface area (Å²) in [5, 5.41) is 0.508. The lowest BCUT2D eigenvalue weighted by Gasteiger charge is -1.99. The molecule has 15 heavy (non-hydrogen) atoms. The van der Waals surface area contributed by atoms with E-state index in [1.807, 2.05) is 0 Å². The molecular formula is C9H5F3N2S. The maximum absolute atomic E-state index is 12.2. The molecule has 0 fully saturated rings. The highest BCUT2D eigenvalue weighted by atomic mass is 32.1. The highest BCUT2D eigenvalue weighted by Crippen LogP contribution is 2.33. The van der Waals surface area contributed by atoms with Gasteiger partial charge in [0.15, 0.2) is 5.01 Å². The first-order chi connectivity index (χ1) is 7.07. The van der Waals surface area contributed by atoms with Crippen LogP contribution in [0.4, 0.5) is 13.2 Å². The van der Waals surface area contributed by atoms with Crippen LogP contribution in [0.15, 0.2) is 29.8 Å². The van der Waals surface area contributed by atoms with Gasteiger partial charge in [-0.05, 0) is 12.1 Å². The zero-order chi connectivity index (χ0) is 10.9. The molecule has 0 atom stereocenters. The number of alkyl halides is 3. The van der Waals surface area contributed by atoms with Gasteiger partial charge in [0, 0.05) is 11.6 Å². The lowest BCUT2D eigenvalue weighted by molar-refractivity contribution is -0.137.